The number of thiophene rings is 1. The molecule has 1 unspecified atom stereocenters. The second-order valence-electron chi connectivity index (χ2n) is 6.00. The smallest absolute Gasteiger partial charge is 0.261 e. The first-order valence-corrected chi connectivity index (χ1v) is 8.45. The average molecular weight is 308 g/mol. The molecule has 3 N–H and O–H groups in total. The molecule has 2 amide bonds. The first-order chi connectivity index (χ1) is 9.97. The molecule has 1 atom stereocenters. The molecule has 1 aromatic rings. The minimum Gasteiger partial charge on any atom is -0.370 e. The van der Waals surface area contributed by atoms with E-state index in [0.29, 0.717) is 5.92 Å². The Bertz CT molecular complexity index is 499. The van der Waals surface area contributed by atoms with Crippen LogP contribution >= 0.6 is 11.3 Å². The molecule has 0 bridgehead atoms. The first kappa shape index (κ1) is 16.0. The van der Waals surface area contributed by atoms with E-state index in [1.54, 1.807) is 0 Å². The minimum absolute atomic E-state index is 0.0759. The van der Waals surface area contributed by atoms with Gasteiger partial charge in [-0.15, -0.1) is 11.3 Å². The van der Waals surface area contributed by atoms with Crippen LogP contribution in [0.25, 0.3) is 0 Å². The molecule has 21 heavy (non-hydrogen) atoms. The lowest BCUT2D eigenvalue weighted by molar-refractivity contribution is -0.118. The topological polar surface area (TPSA) is 72.2 Å². The lowest BCUT2D eigenvalue weighted by Crippen LogP contribution is -2.43. The molecule has 116 valence electrons. The summed E-state index contributed by atoms with van der Waals surface area (Å²) >= 11 is 1.50. The van der Waals surface area contributed by atoms with Gasteiger partial charge in [0.25, 0.3) is 5.91 Å². The number of hydrogen-bond acceptors (Lipinski definition) is 3. The van der Waals surface area contributed by atoms with Crippen LogP contribution in [0.4, 0.5) is 0 Å². The van der Waals surface area contributed by atoms with E-state index in [1.807, 2.05) is 19.9 Å². The molecule has 0 aliphatic heterocycles. The number of nitrogens with two attached hydrogens (primary N) is 1. The van der Waals surface area contributed by atoms with Crippen molar-refractivity contribution in [3.8, 4) is 0 Å². The van der Waals surface area contributed by atoms with Crippen LogP contribution in [0.3, 0.4) is 0 Å². The van der Waals surface area contributed by atoms with Gasteiger partial charge >= 0.3 is 0 Å². The van der Waals surface area contributed by atoms with Gasteiger partial charge in [0.1, 0.15) is 0 Å². The number of primary amides is 1. The van der Waals surface area contributed by atoms with E-state index in [-0.39, 0.29) is 24.3 Å². The number of carbonyl (C=O) groups excluding carboxylic acids is 2. The van der Waals surface area contributed by atoms with Crippen molar-refractivity contribution in [3.05, 3.63) is 21.4 Å². The van der Waals surface area contributed by atoms with Gasteiger partial charge in [-0.05, 0) is 44.2 Å². The Morgan fingerprint density at radius 1 is 1.33 bits per heavy atom. The summed E-state index contributed by atoms with van der Waals surface area (Å²) in [5.41, 5.74) is 6.49. The maximum absolute atomic E-state index is 12.4. The highest BCUT2D eigenvalue weighted by Gasteiger charge is 2.27. The van der Waals surface area contributed by atoms with Gasteiger partial charge < -0.3 is 11.1 Å². The van der Waals surface area contributed by atoms with Crippen LogP contribution in [-0.4, -0.2) is 17.9 Å². The van der Waals surface area contributed by atoms with E-state index in [1.165, 1.54) is 30.6 Å². The summed E-state index contributed by atoms with van der Waals surface area (Å²) in [5, 5.41) is 3.05. The lowest BCUT2D eigenvalue weighted by atomic mass is 9.82. The number of nitrogens with one attached hydrogen (secondary N) is 1. The average Bonchev–Trinajstić information content (AvgIpc) is 2.78. The Labute approximate surface area is 130 Å². The Hall–Kier alpha value is -1.36. The Morgan fingerprint density at radius 2 is 2.00 bits per heavy atom. The van der Waals surface area contributed by atoms with Crippen molar-refractivity contribution >= 4 is 23.2 Å². The molecule has 1 aromatic heterocycles. The van der Waals surface area contributed by atoms with Crippen LogP contribution in [0.1, 0.15) is 58.6 Å². The standard InChI is InChI=1S/C16H24N2O2S/c1-10-8-14(21-11(10)2)16(20)18-13(9-15(17)19)12-6-4-3-5-7-12/h8,12-13H,3-7,9H2,1-2H3,(H2,17,19)(H,18,20). The van der Waals surface area contributed by atoms with Gasteiger partial charge in [0, 0.05) is 17.3 Å². The molecule has 0 aromatic carbocycles. The van der Waals surface area contributed by atoms with E-state index in [4.69, 9.17) is 5.73 Å². The zero-order valence-electron chi connectivity index (χ0n) is 12.8. The fourth-order valence-corrected chi connectivity index (χ4v) is 3.95. The highest BCUT2D eigenvalue weighted by atomic mass is 32.1. The fourth-order valence-electron chi connectivity index (χ4n) is 3.01. The number of aryl methyl sites for hydroxylation is 2. The molecule has 1 aliphatic rings. The van der Waals surface area contributed by atoms with Crippen molar-refractivity contribution < 1.29 is 9.59 Å². The molecular formula is C16H24N2O2S. The van der Waals surface area contributed by atoms with Crippen molar-refractivity contribution in [1.29, 1.82) is 0 Å². The lowest BCUT2D eigenvalue weighted by Gasteiger charge is -2.30. The van der Waals surface area contributed by atoms with Crippen molar-refractivity contribution in [2.75, 3.05) is 0 Å². The summed E-state index contributed by atoms with van der Waals surface area (Å²) in [6.07, 6.45) is 5.97. The third-order valence-corrected chi connectivity index (χ3v) is 5.50. The predicted octanol–water partition coefficient (Wildman–Crippen LogP) is 2.92. The van der Waals surface area contributed by atoms with Crippen molar-refractivity contribution in [2.24, 2.45) is 11.7 Å². The van der Waals surface area contributed by atoms with Gasteiger partial charge in [-0.25, -0.2) is 0 Å². The zero-order chi connectivity index (χ0) is 15.4. The van der Waals surface area contributed by atoms with Gasteiger partial charge in [0.2, 0.25) is 5.91 Å². The monoisotopic (exact) mass is 308 g/mol. The fraction of sp³-hybridized carbons (Fsp3) is 0.625. The Balaban J connectivity index is 2.06. The van der Waals surface area contributed by atoms with Crippen molar-refractivity contribution in [3.63, 3.8) is 0 Å². The van der Waals surface area contributed by atoms with Gasteiger partial charge in [-0.3, -0.25) is 9.59 Å². The summed E-state index contributed by atoms with van der Waals surface area (Å²) in [6, 6.07) is 1.79. The van der Waals surface area contributed by atoms with Crippen LogP contribution in [0.5, 0.6) is 0 Å². The van der Waals surface area contributed by atoms with Crippen LogP contribution in [-0.2, 0) is 4.79 Å². The summed E-state index contributed by atoms with van der Waals surface area (Å²) in [5.74, 6) is -0.0465. The SMILES string of the molecule is Cc1cc(C(=O)NC(CC(N)=O)C2CCCCC2)sc1C. The third kappa shape index (κ3) is 4.30. The van der Waals surface area contributed by atoms with Crippen LogP contribution in [0, 0.1) is 19.8 Å². The van der Waals surface area contributed by atoms with E-state index >= 15 is 0 Å². The highest BCUT2D eigenvalue weighted by Crippen LogP contribution is 2.28. The molecule has 0 saturated heterocycles. The predicted molar refractivity (Wildman–Crippen MR) is 85.4 cm³/mol. The normalized spacial score (nSPS) is 17.4. The highest BCUT2D eigenvalue weighted by molar-refractivity contribution is 7.14. The number of rotatable bonds is 5. The molecule has 1 aliphatic carbocycles. The second-order valence-corrected chi connectivity index (χ2v) is 7.25. The largest absolute Gasteiger partial charge is 0.370 e. The van der Waals surface area contributed by atoms with E-state index < -0.39 is 0 Å². The summed E-state index contributed by atoms with van der Waals surface area (Å²) in [7, 11) is 0. The molecule has 5 heteroatoms. The van der Waals surface area contributed by atoms with E-state index in [0.717, 1.165) is 28.2 Å². The molecule has 4 nitrogen and oxygen atoms in total. The number of amides is 2. The first-order valence-electron chi connectivity index (χ1n) is 7.63. The van der Waals surface area contributed by atoms with Gasteiger partial charge in [0.15, 0.2) is 0 Å². The molecule has 1 heterocycles. The Kier molecular flexibility index (Phi) is 5.39. The summed E-state index contributed by atoms with van der Waals surface area (Å²) in [4.78, 5) is 25.6. The molecule has 2 rings (SSSR count). The molecule has 1 fully saturated rings. The second kappa shape index (κ2) is 7.07. The van der Waals surface area contributed by atoms with E-state index in [9.17, 15) is 9.59 Å². The van der Waals surface area contributed by atoms with Gasteiger partial charge in [-0.2, -0.15) is 0 Å². The maximum atomic E-state index is 12.4. The zero-order valence-corrected chi connectivity index (χ0v) is 13.6. The van der Waals surface area contributed by atoms with Crippen LogP contribution < -0.4 is 11.1 Å². The minimum atomic E-state index is -0.343. The van der Waals surface area contributed by atoms with Gasteiger partial charge in [-0.1, -0.05) is 19.3 Å². The number of carbonyl (C=O) groups is 2. The summed E-state index contributed by atoms with van der Waals surface area (Å²) in [6.45, 7) is 4.02. The Morgan fingerprint density at radius 3 is 2.52 bits per heavy atom. The molecule has 1 saturated carbocycles. The third-order valence-electron chi connectivity index (χ3n) is 4.35. The maximum Gasteiger partial charge on any atom is 0.261 e. The molecular weight excluding hydrogens is 284 g/mol. The van der Waals surface area contributed by atoms with Crippen LogP contribution in [0.15, 0.2) is 6.07 Å². The van der Waals surface area contributed by atoms with Crippen molar-refractivity contribution in [1.82, 2.24) is 5.32 Å². The summed E-state index contributed by atoms with van der Waals surface area (Å²) < 4.78 is 0. The van der Waals surface area contributed by atoms with E-state index in [2.05, 4.69) is 5.32 Å². The quantitative estimate of drug-likeness (QED) is 0.878. The van der Waals surface area contributed by atoms with Crippen molar-refractivity contribution in [2.45, 2.75) is 58.4 Å². The van der Waals surface area contributed by atoms with Crippen LogP contribution in [0.2, 0.25) is 0 Å². The number of hydrogen-bond donors (Lipinski definition) is 2. The molecule has 0 spiro atoms. The molecule has 0 radical (unpaired) electrons. The van der Waals surface area contributed by atoms with Gasteiger partial charge in [0.05, 0.1) is 4.88 Å².